The third-order valence-electron chi connectivity index (χ3n) is 4.16. The number of anilines is 2. The molecular formula is C17H22N4OS2. The normalized spacial score (nSPS) is 15.5. The summed E-state index contributed by atoms with van der Waals surface area (Å²) in [4.78, 5) is 14.2. The second kappa shape index (κ2) is 7.98. The monoisotopic (exact) mass is 362 g/mol. The Hall–Kier alpha value is -1.60. The van der Waals surface area contributed by atoms with Gasteiger partial charge in [-0.2, -0.15) is 0 Å². The van der Waals surface area contributed by atoms with Crippen molar-refractivity contribution in [2.24, 2.45) is 5.92 Å². The lowest BCUT2D eigenvalue weighted by molar-refractivity contribution is -0.129. The fourth-order valence-corrected chi connectivity index (χ4v) is 4.23. The van der Waals surface area contributed by atoms with Crippen LogP contribution in [0.25, 0.3) is 0 Å². The number of piperidine rings is 1. The van der Waals surface area contributed by atoms with Gasteiger partial charge >= 0.3 is 0 Å². The van der Waals surface area contributed by atoms with Crippen LogP contribution in [0.15, 0.2) is 28.6 Å². The van der Waals surface area contributed by atoms with Crippen LogP contribution in [0.5, 0.6) is 0 Å². The van der Waals surface area contributed by atoms with E-state index in [9.17, 15) is 4.79 Å². The Morgan fingerprint density at radius 1 is 1.29 bits per heavy atom. The SMILES string of the molecule is Cc1ccc(Nc2nnc(SCC(=O)N3CCC(C)CC3)s2)cc1. The number of thioether (sulfide) groups is 1. The first-order valence-corrected chi connectivity index (χ1v) is 9.98. The Bertz CT molecular complexity index is 678. The lowest BCUT2D eigenvalue weighted by Crippen LogP contribution is -2.38. The highest BCUT2D eigenvalue weighted by atomic mass is 32.2. The minimum atomic E-state index is 0.204. The number of hydrogen-bond donors (Lipinski definition) is 1. The maximum absolute atomic E-state index is 12.3. The Morgan fingerprint density at radius 2 is 2.00 bits per heavy atom. The summed E-state index contributed by atoms with van der Waals surface area (Å²) in [6.45, 7) is 6.08. The topological polar surface area (TPSA) is 58.1 Å². The van der Waals surface area contributed by atoms with Gasteiger partial charge in [-0.1, -0.05) is 47.7 Å². The summed E-state index contributed by atoms with van der Waals surface area (Å²) in [6.07, 6.45) is 2.22. The molecule has 2 aromatic rings. The van der Waals surface area contributed by atoms with Gasteiger partial charge in [0.05, 0.1) is 5.75 Å². The van der Waals surface area contributed by atoms with E-state index in [1.165, 1.54) is 28.7 Å². The smallest absolute Gasteiger partial charge is 0.233 e. The lowest BCUT2D eigenvalue weighted by Gasteiger charge is -2.30. The molecule has 1 aliphatic rings. The Morgan fingerprint density at radius 3 is 2.71 bits per heavy atom. The number of nitrogens with zero attached hydrogens (tertiary/aromatic N) is 3. The molecule has 0 radical (unpaired) electrons. The minimum absolute atomic E-state index is 0.204. The number of amides is 1. The van der Waals surface area contributed by atoms with Crippen molar-refractivity contribution in [1.82, 2.24) is 15.1 Å². The molecule has 5 nitrogen and oxygen atoms in total. The van der Waals surface area contributed by atoms with Crippen LogP contribution in [0.4, 0.5) is 10.8 Å². The second-order valence-corrected chi connectivity index (χ2v) is 8.42. The molecule has 0 unspecified atom stereocenters. The molecule has 1 saturated heterocycles. The van der Waals surface area contributed by atoms with E-state index >= 15 is 0 Å². The van der Waals surface area contributed by atoms with Gasteiger partial charge in [-0.25, -0.2) is 0 Å². The maximum Gasteiger partial charge on any atom is 0.233 e. The van der Waals surface area contributed by atoms with Crippen molar-refractivity contribution in [3.05, 3.63) is 29.8 Å². The summed E-state index contributed by atoms with van der Waals surface area (Å²) in [7, 11) is 0. The van der Waals surface area contributed by atoms with Crippen LogP contribution in [0, 0.1) is 12.8 Å². The second-order valence-electron chi connectivity index (χ2n) is 6.22. The number of rotatable bonds is 5. The van der Waals surface area contributed by atoms with E-state index in [2.05, 4.69) is 41.5 Å². The van der Waals surface area contributed by atoms with Crippen LogP contribution in [-0.2, 0) is 4.79 Å². The van der Waals surface area contributed by atoms with E-state index in [1.54, 1.807) is 0 Å². The van der Waals surface area contributed by atoms with Gasteiger partial charge in [-0.3, -0.25) is 4.79 Å². The predicted molar refractivity (Wildman–Crippen MR) is 100 cm³/mol. The van der Waals surface area contributed by atoms with Gasteiger partial charge in [0, 0.05) is 18.8 Å². The highest BCUT2D eigenvalue weighted by molar-refractivity contribution is 8.01. The standard InChI is InChI=1S/C17H22N4OS2/c1-12-3-5-14(6-4-12)18-16-19-20-17(24-16)23-11-15(22)21-9-7-13(2)8-10-21/h3-6,13H,7-11H2,1-2H3,(H,18,19). The molecule has 0 spiro atoms. The van der Waals surface area contributed by atoms with Crippen LogP contribution < -0.4 is 5.32 Å². The summed E-state index contributed by atoms with van der Waals surface area (Å²) in [5.74, 6) is 1.38. The minimum Gasteiger partial charge on any atom is -0.342 e. The molecule has 1 N–H and O–H groups in total. The van der Waals surface area contributed by atoms with E-state index in [0.29, 0.717) is 5.75 Å². The molecule has 1 aromatic heterocycles. The molecule has 0 saturated carbocycles. The van der Waals surface area contributed by atoms with Crippen LogP contribution in [-0.4, -0.2) is 39.8 Å². The van der Waals surface area contributed by atoms with Gasteiger partial charge in [0.1, 0.15) is 0 Å². The highest BCUT2D eigenvalue weighted by Gasteiger charge is 2.20. The quantitative estimate of drug-likeness (QED) is 0.817. The average Bonchev–Trinajstić information content (AvgIpc) is 3.03. The largest absolute Gasteiger partial charge is 0.342 e. The van der Waals surface area contributed by atoms with Crippen molar-refractivity contribution < 1.29 is 4.79 Å². The van der Waals surface area contributed by atoms with Crippen LogP contribution in [0.2, 0.25) is 0 Å². The van der Waals surface area contributed by atoms with Crippen LogP contribution in [0.1, 0.15) is 25.3 Å². The zero-order valence-electron chi connectivity index (χ0n) is 14.0. The molecule has 0 aliphatic carbocycles. The Balaban J connectivity index is 1.49. The number of aryl methyl sites for hydroxylation is 1. The number of aromatic nitrogens is 2. The fourth-order valence-electron chi connectivity index (χ4n) is 2.55. The first kappa shape index (κ1) is 17.2. The summed E-state index contributed by atoms with van der Waals surface area (Å²) >= 11 is 2.95. The average molecular weight is 363 g/mol. The zero-order valence-corrected chi connectivity index (χ0v) is 15.6. The number of likely N-dealkylation sites (tertiary alicyclic amines) is 1. The number of benzene rings is 1. The highest BCUT2D eigenvalue weighted by Crippen LogP contribution is 2.28. The number of carbonyl (C=O) groups is 1. The zero-order chi connectivity index (χ0) is 16.9. The van der Waals surface area contributed by atoms with Crippen LogP contribution >= 0.6 is 23.1 Å². The lowest BCUT2D eigenvalue weighted by atomic mass is 9.99. The summed E-state index contributed by atoms with van der Waals surface area (Å²) < 4.78 is 0.823. The van der Waals surface area contributed by atoms with Crippen molar-refractivity contribution >= 4 is 39.8 Å². The van der Waals surface area contributed by atoms with Gasteiger partial charge in [0.25, 0.3) is 0 Å². The van der Waals surface area contributed by atoms with E-state index in [0.717, 1.165) is 47.0 Å². The number of hydrogen-bond acceptors (Lipinski definition) is 6. The van der Waals surface area contributed by atoms with E-state index in [1.807, 2.05) is 17.0 Å². The van der Waals surface area contributed by atoms with Gasteiger partial charge in [0.2, 0.25) is 11.0 Å². The molecule has 1 amide bonds. The predicted octanol–water partition coefficient (Wildman–Crippen LogP) is 3.94. The number of nitrogens with one attached hydrogen (secondary N) is 1. The molecule has 1 fully saturated rings. The molecule has 1 aromatic carbocycles. The van der Waals surface area contributed by atoms with E-state index < -0.39 is 0 Å². The van der Waals surface area contributed by atoms with Gasteiger partial charge in [-0.15, -0.1) is 10.2 Å². The molecule has 7 heteroatoms. The first-order valence-electron chi connectivity index (χ1n) is 8.18. The molecular weight excluding hydrogens is 340 g/mol. The van der Waals surface area contributed by atoms with Crippen molar-refractivity contribution in [2.45, 2.75) is 31.0 Å². The Kier molecular flexibility index (Phi) is 5.73. The molecule has 128 valence electrons. The Labute approximate surface area is 150 Å². The van der Waals surface area contributed by atoms with Gasteiger partial charge in [-0.05, 0) is 37.8 Å². The van der Waals surface area contributed by atoms with Crippen molar-refractivity contribution in [1.29, 1.82) is 0 Å². The van der Waals surface area contributed by atoms with Crippen LogP contribution in [0.3, 0.4) is 0 Å². The molecule has 0 atom stereocenters. The molecule has 0 bridgehead atoms. The summed E-state index contributed by atoms with van der Waals surface area (Å²) in [5.41, 5.74) is 2.21. The first-order chi connectivity index (χ1) is 11.6. The fraction of sp³-hybridized carbons (Fsp3) is 0.471. The van der Waals surface area contributed by atoms with Crippen molar-refractivity contribution in [3.63, 3.8) is 0 Å². The van der Waals surface area contributed by atoms with E-state index in [4.69, 9.17) is 0 Å². The molecule has 3 rings (SSSR count). The molecule has 24 heavy (non-hydrogen) atoms. The summed E-state index contributed by atoms with van der Waals surface area (Å²) in [6, 6.07) is 8.14. The third kappa shape index (κ3) is 4.70. The van der Waals surface area contributed by atoms with Crippen molar-refractivity contribution in [3.8, 4) is 0 Å². The molecule has 2 heterocycles. The third-order valence-corrected chi connectivity index (χ3v) is 6.12. The molecule has 1 aliphatic heterocycles. The number of carbonyl (C=O) groups excluding carboxylic acids is 1. The van der Waals surface area contributed by atoms with Crippen molar-refractivity contribution in [2.75, 3.05) is 24.2 Å². The van der Waals surface area contributed by atoms with E-state index in [-0.39, 0.29) is 5.91 Å². The van der Waals surface area contributed by atoms with Gasteiger partial charge < -0.3 is 10.2 Å². The van der Waals surface area contributed by atoms with Gasteiger partial charge in [0.15, 0.2) is 4.34 Å². The summed E-state index contributed by atoms with van der Waals surface area (Å²) in [5, 5.41) is 12.3. The maximum atomic E-state index is 12.3.